The van der Waals surface area contributed by atoms with Crippen LogP contribution >= 0.6 is 0 Å². The van der Waals surface area contributed by atoms with Gasteiger partial charge in [-0.25, -0.2) is 0 Å². The van der Waals surface area contributed by atoms with Gasteiger partial charge in [0.2, 0.25) is 41.4 Å². The number of aromatic amines is 1. The number of H-pyrrole nitrogens is 1. The van der Waals surface area contributed by atoms with Crippen LogP contribution in [0.1, 0.15) is 74.2 Å². The Morgan fingerprint density at radius 2 is 0.873 bits per heavy atom. The Labute approximate surface area is 410 Å². The van der Waals surface area contributed by atoms with Crippen LogP contribution in [-0.4, -0.2) is 108 Å². The van der Waals surface area contributed by atoms with Gasteiger partial charge in [-0.2, -0.15) is 0 Å². The van der Waals surface area contributed by atoms with Crippen molar-refractivity contribution in [2.45, 2.75) is 88.1 Å². The summed E-state index contributed by atoms with van der Waals surface area (Å²) < 4.78 is 0. The first-order valence-electron chi connectivity index (χ1n) is 22.8. The summed E-state index contributed by atoms with van der Waals surface area (Å²) in [6.45, 7) is 1.64. The van der Waals surface area contributed by atoms with Crippen LogP contribution in [0.3, 0.4) is 0 Å². The first-order chi connectivity index (χ1) is 33.9. The summed E-state index contributed by atoms with van der Waals surface area (Å²) in [5.74, 6) is -5.73. The molecule has 380 valence electrons. The van der Waals surface area contributed by atoms with Gasteiger partial charge in [0, 0.05) is 50.1 Å². The number of aliphatic imine (C=N–C) groups is 3. The smallest absolute Gasteiger partial charge is 0.248 e. The van der Waals surface area contributed by atoms with Gasteiger partial charge in [-0.15, -0.1) is 0 Å². The largest absolute Gasteiger partial charge is 0.370 e. The van der Waals surface area contributed by atoms with Crippen LogP contribution in [0.4, 0.5) is 0 Å². The Morgan fingerprint density at radius 1 is 0.479 bits per heavy atom. The molecule has 1 aromatic heterocycles. The molecule has 0 aliphatic heterocycles. The zero-order valence-electron chi connectivity index (χ0n) is 39.4. The molecule has 0 aliphatic carbocycles. The van der Waals surface area contributed by atoms with Gasteiger partial charge in [0.15, 0.2) is 17.9 Å². The number of hydrogen-bond donors (Lipinski definition) is 14. The number of amides is 7. The third-order valence-corrected chi connectivity index (χ3v) is 10.9. The summed E-state index contributed by atoms with van der Waals surface area (Å²) in [6.07, 6.45) is 2.52. The molecular formula is C47H65N17O7. The predicted octanol–water partition coefficient (Wildman–Crippen LogP) is -1.97. The number of rotatable bonds is 28. The third kappa shape index (κ3) is 18.4. The van der Waals surface area contributed by atoms with E-state index in [-0.39, 0.29) is 76.0 Å². The van der Waals surface area contributed by atoms with Crippen molar-refractivity contribution in [3.8, 4) is 0 Å². The maximum atomic E-state index is 14.7. The summed E-state index contributed by atoms with van der Waals surface area (Å²) >= 11 is 0. The highest BCUT2D eigenvalue weighted by atomic mass is 16.2. The highest BCUT2D eigenvalue weighted by Crippen LogP contribution is 2.21. The van der Waals surface area contributed by atoms with Gasteiger partial charge in [-0.1, -0.05) is 78.9 Å². The van der Waals surface area contributed by atoms with Gasteiger partial charge < -0.3 is 77.0 Å². The van der Waals surface area contributed by atoms with Crippen LogP contribution in [-0.2, 0) is 40.0 Å². The zero-order chi connectivity index (χ0) is 51.9. The number of aromatic nitrogens is 1. The van der Waals surface area contributed by atoms with Crippen molar-refractivity contribution in [2.24, 2.45) is 55.1 Å². The van der Waals surface area contributed by atoms with Crippen molar-refractivity contribution in [1.82, 2.24) is 36.9 Å². The number of nitrogens with one attached hydrogen (secondary N) is 7. The molecule has 0 spiro atoms. The molecule has 0 saturated carbocycles. The number of benzene rings is 3. The zero-order valence-corrected chi connectivity index (χ0v) is 39.4. The fourth-order valence-corrected chi connectivity index (χ4v) is 7.47. The maximum Gasteiger partial charge on any atom is 0.248 e. The van der Waals surface area contributed by atoms with Crippen molar-refractivity contribution in [1.29, 1.82) is 0 Å². The molecule has 4 rings (SSSR count). The number of hydrogen-bond acceptors (Lipinski definition) is 10. The van der Waals surface area contributed by atoms with Gasteiger partial charge in [-0.05, 0) is 61.3 Å². The number of para-hydroxylation sites is 1. The van der Waals surface area contributed by atoms with Gasteiger partial charge in [0.1, 0.15) is 36.3 Å². The summed E-state index contributed by atoms with van der Waals surface area (Å²) in [7, 11) is 0. The van der Waals surface area contributed by atoms with Gasteiger partial charge in [0.05, 0.1) is 0 Å². The van der Waals surface area contributed by atoms with E-state index in [1.807, 2.05) is 24.3 Å². The second-order valence-electron chi connectivity index (χ2n) is 16.5. The SMILES string of the molecule is CC(=O)N[C@@H](CCCN=C(N)N)C(=O)N[C@H](C(=O)N[C@H](C(=O)N[C@@H](CCCN=C(N)N)C(=O)N[C@@H](Cc1c[nH]c2ccccc12)C(=O)N[C@@H](CCCN=C(N)N)C(N)=O)c1ccccc1)c1ccccc1. The van der Waals surface area contributed by atoms with E-state index in [1.54, 1.807) is 66.9 Å². The lowest BCUT2D eigenvalue weighted by Gasteiger charge is -2.28. The second kappa shape index (κ2) is 28.0. The van der Waals surface area contributed by atoms with Gasteiger partial charge in [0.25, 0.3) is 0 Å². The average molecular weight is 980 g/mol. The minimum atomic E-state index is -1.47. The van der Waals surface area contributed by atoms with E-state index in [2.05, 4.69) is 51.9 Å². The Balaban J connectivity index is 1.67. The van der Waals surface area contributed by atoms with E-state index in [9.17, 15) is 33.6 Å². The lowest BCUT2D eigenvalue weighted by atomic mass is 10.0. The molecule has 0 unspecified atom stereocenters. The number of nitrogens with two attached hydrogens (primary N) is 7. The number of nitrogens with zero attached hydrogens (tertiary/aromatic N) is 3. The summed E-state index contributed by atoms with van der Waals surface area (Å²) in [5, 5.41) is 17.0. The quantitative estimate of drug-likeness (QED) is 0.0167. The molecule has 0 aliphatic rings. The van der Waals surface area contributed by atoms with Gasteiger partial charge >= 0.3 is 0 Å². The van der Waals surface area contributed by atoms with Crippen LogP contribution in [0.15, 0.2) is 106 Å². The van der Waals surface area contributed by atoms with Crippen LogP contribution < -0.4 is 72.0 Å². The Morgan fingerprint density at radius 3 is 1.37 bits per heavy atom. The highest BCUT2D eigenvalue weighted by Gasteiger charge is 2.34. The number of primary amides is 1. The van der Waals surface area contributed by atoms with Crippen molar-refractivity contribution < 1.29 is 33.6 Å². The number of guanidine groups is 3. The lowest BCUT2D eigenvalue weighted by molar-refractivity contribution is -0.135. The summed E-state index contributed by atoms with van der Waals surface area (Å²) in [4.78, 5) is 111. The van der Waals surface area contributed by atoms with Gasteiger partial charge in [-0.3, -0.25) is 48.5 Å². The van der Waals surface area contributed by atoms with E-state index in [4.69, 9.17) is 40.1 Å². The molecule has 21 N–H and O–H groups in total. The number of carbonyl (C=O) groups excluding carboxylic acids is 7. The van der Waals surface area contributed by atoms with Crippen LogP contribution in [0.5, 0.6) is 0 Å². The fourth-order valence-electron chi connectivity index (χ4n) is 7.47. The molecule has 0 bridgehead atoms. The molecule has 6 atom stereocenters. The second-order valence-corrected chi connectivity index (χ2v) is 16.5. The molecule has 1 heterocycles. The molecule has 24 nitrogen and oxygen atoms in total. The first-order valence-corrected chi connectivity index (χ1v) is 22.8. The van der Waals surface area contributed by atoms with E-state index >= 15 is 0 Å². The lowest BCUT2D eigenvalue weighted by Crippen LogP contribution is -2.58. The summed E-state index contributed by atoms with van der Waals surface area (Å²) in [5.41, 5.74) is 40.7. The molecule has 0 fully saturated rings. The summed E-state index contributed by atoms with van der Waals surface area (Å²) in [6, 6.07) is 15.9. The van der Waals surface area contributed by atoms with E-state index in [0.717, 1.165) is 10.9 Å². The molecule has 0 radical (unpaired) electrons. The standard InChI is InChI=1S/C47H65N17O7/c1-27(65)59-34(20-11-23-56-46(51)52)41(68)63-38(29-15-6-3-7-16-29)44(71)64-37(28-13-4-2-5-14-28)43(70)61-35(21-12-24-57-47(53)54)40(67)62-36(25-30-26-58-32-18-9-8-17-31(30)32)42(69)60-33(39(48)66)19-10-22-55-45(49)50/h2-9,13-18,26,33-38,58H,10-12,19-25H2,1H3,(H2,48,66)(H,59,65)(H,60,69)(H,61,70)(H,62,67)(H,63,68)(H,64,71)(H4,49,50,55)(H4,51,52,56)(H4,53,54,57)/t33-,34-,35-,36-,37-,38-/m0/s1. The minimum Gasteiger partial charge on any atom is -0.370 e. The topological polar surface area (TPSA) is 427 Å². The first kappa shape index (κ1) is 54.9. The third-order valence-electron chi connectivity index (χ3n) is 10.9. The molecule has 3 aromatic carbocycles. The van der Waals surface area contributed by atoms with Crippen molar-refractivity contribution in [2.75, 3.05) is 19.6 Å². The molecular weight excluding hydrogens is 915 g/mol. The molecule has 7 amide bonds. The van der Waals surface area contributed by atoms with E-state index in [0.29, 0.717) is 23.1 Å². The van der Waals surface area contributed by atoms with E-state index < -0.39 is 77.6 Å². The van der Waals surface area contributed by atoms with Crippen LogP contribution in [0.25, 0.3) is 10.9 Å². The van der Waals surface area contributed by atoms with Crippen molar-refractivity contribution in [3.05, 3.63) is 108 Å². The van der Waals surface area contributed by atoms with Crippen molar-refractivity contribution >= 4 is 70.1 Å². The number of carbonyl (C=O) groups is 7. The van der Waals surface area contributed by atoms with E-state index in [1.165, 1.54) is 6.92 Å². The normalized spacial score (nSPS) is 13.3. The minimum absolute atomic E-state index is 0.0592. The maximum absolute atomic E-state index is 14.7. The highest BCUT2D eigenvalue weighted by molar-refractivity contribution is 5.98. The Kier molecular flexibility index (Phi) is 21.6. The Hall–Kier alpha value is -8.70. The Bertz CT molecular complexity index is 2520. The molecule has 4 aromatic rings. The molecule has 0 saturated heterocycles. The monoisotopic (exact) mass is 980 g/mol. The molecule has 24 heteroatoms. The van der Waals surface area contributed by atoms with Crippen LogP contribution in [0, 0.1) is 0 Å². The molecule has 71 heavy (non-hydrogen) atoms. The van der Waals surface area contributed by atoms with Crippen molar-refractivity contribution in [3.63, 3.8) is 0 Å². The average Bonchev–Trinajstić information content (AvgIpc) is 3.74. The number of fused-ring (bicyclic) bond motifs is 1. The predicted molar refractivity (Wildman–Crippen MR) is 269 cm³/mol. The van der Waals surface area contributed by atoms with Crippen LogP contribution in [0.2, 0.25) is 0 Å². The fraction of sp³-hybridized carbons (Fsp3) is 0.362.